The van der Waals surface area contributed by atoms with E-state index in [1.807, 2.05) is 6.08 Å². The molecular weight excluding hydrogens is 709 g/mol. The van der Waals surface area contributed by atoms with Crippen LogP contribution in [-0.2, 0) is 28.6 Å². The van der Waals surface area contributed by atoms with Crippen molar-refractivity contribution in [2.45, 2.75) is 219 Å². The molecule has 0 heterocycles. The first-order chi connectivity index (χ1) is 28.0. The molecule has 57 heavy (non-hydrogen) atoms. The molecule has 0 N–H and O–H groups in total. The van der Waals surface area contributed by atoms with Crippen molar-refractivity contribution >= 4 is 17.9 Å². The minimum absolute atomic E-state index is 0.108. The Morgan fingerprint density at radius 3 is 1.23 bits per heavy atom. The second-order valence-electron chi connectivity index (χ2n) is 15.3. The zero-order chi connectivity index (χ0) is 41.5. The molecule has 0 rings (SSSR count). The molecular formula is C51H86O6. The molecule has 0 aliphatic carbocycles. The SMILES string of the molecule is CC/C=C\C/C=C\C/C=C\CCCCCCCCC(=O)OCC(COC(=O)C/C=C\C/C=C\C/C=C\CC)OC(=O)CCCCCCCCCCCCCCCC. The average Bonchev–Trinajstić information content (AvgIpc) is 3.21. The summed E-state index contributed by atoms with van der Waals surface area (Å²) in [5, 5.41) is 0. The number of ether oxygens (including phenoxy) is 3. The number of hydrogen-bond donors (Lipinski definition) is 0. The fraction of sp³-hybridized carbons (Fsp3) is 0.706. The summed E-state index contributed by atoms with van der Waals surface area (Å²) in [6.45, 7) is 6.29. The number of esters is 3. The van der Waals surface area contributed by atoms with Crippen molar-refractivity contribution in [3.8, 4) is 0 Å². The van der Waals surface area contributed by atoms with Crippen LogP contribution in [0.15, 0.2) is 72.9 Å². The number of unbranched alkanes of at least 4 members (excludes halogenated alkanes) is 19. The average molecular weight is 795 g/mol. The van der Waals surface area contributed by atoms with E-state index < -0.39 is 12.1 Å². The second-order valence-corrected chi connectivity index (χ2v) is 15.3. The number of allylic oxidation sites excluding steroid dienone is 11. The summed E-state index contributed by atoms with van der Waals surface area (Å²) in [7, 11) is 0. The van der Waals surface area contributed by atoms with Crippen molar-refractivity contribution in [3.63, 3.8) is 0 Å². The molecule has 326 valence electrons. The Balaban J connectivity index is 4.41. The largest absolute Gasteiger partial charge is 0.462 e. The lowest BCUT2D eigenvalue weighted by Gasteiger charge is -2.18. The highest BCUT2D eigenvalue weighted by atomic mass is 16.6. The van der Waals surface area contributed by atoms with Crippen molar-refractivity contribution in [2.24, 2.45) is 0 Å². The van der Waals surface area contributed by atoms with Gasteiger partial charge in [-0.15, -0.1) is 0 Å². The van der Waals surface area contributed by atoms with Gasteiger partial charge >= 0.3 is 17.9 Å². The molecule has 0 aliphatic heterocycles. The molecule has 0 saturated carbocycles. The Morgan fingerprint density at radius 2 is 0.754 bits per heavy atom. The first kappa shape index (κ1) is 53.9. The van der Waals surface area contributed by atoms with Crippen LogP contribution in [0.4, 0.5) is 0 Å². The summed E-state index contributed by atoms with van der Waals surface area (Å²) < 4.78 is 16.6. The van der Waals surface area contributed by atoms with E-state index in [1.54, 1.807) is 6.08 Å². The smallest absolute Gasteiger partial charge is 0.309 e. The third kappa shape index (κ3) is 43.8. The van der Waals surface area contributed by atoms with Crippen LogP contribution >= 0.6 is 0 Å². The van der Waals surface area contributed by atoms with Gasteiger partial charge in [-0.3, -0.25) is 14.4 Å². The van der Waals surface area contributed by atoms with Crippen LogP contribution in [-0.4, -0.2) is 37.2 Å². The van der Waals surface area contributed by atoms with E-state index in [1.165, 1.54) is 83.5 Å². The van der Waals surface area contributed by atoms with E-state index in [0.29, 0.717) is 12.8 Å². The zero-order valence-electron chi connectivity index (χ0n) is 37.1. The molecule has 0 aromatic carbocycles. The van der Waals surface area contributed by atoms with Gasteiger partial charge in [0, 0.05) is 12.8 Å². The summed E-state index contributed by atoms with van der Waals surface area (Å²) in [6.07, 6.45) is 56.3. The van der Waals surface area contributed by atoms with Crippen molar-refractivity contribution in [3.05, 3.63) is 72.9 Å². The third-order valence-corrected chi connectivity index (χ3v) is 9.74. The highest BCUT2D eigenvalue weighted by molar-refractivity contribution is 5.72. The van der Waals surface area contributed by atoms with E-state index in [-0.39, 0.29) is 31.6 Å². The van der Waals surface area contributed by atoms with Gasteiger partial charge in [-0.05, 0) is 64.2 Å². The lowest BCUT2D eigenvalue weighted by Crippen LogP contribution is -2.30. The van der Waals surface area contributed by atoms with E-state index in [2.05, 4.69) is 81.5 Å². The van der Waals surface area contributed by atoms with E-state index >= 15 is 0 Å². The minimum atomic E-state index is -0.812. The molecule has 0 fully saturated rings. The predicted molar refractivity (Wildman–Crippen MR) is 242 cm³/mol. The molecule has 0 aromatic rings. The lowest BCUT2D eigenvalue weighted by atomic mass is 10.0. The second kappa shape index (κ2) is 45.6. The fourth-order valence-electron chi connectivity index (χ4n) is 6.28. The van der Waals surface area contributed by atoms with E-state index in [0.717, 1.165) is 89.9 Å². The Bertz CT molecular complexity index is 1100. The lowest BCUT2D eigenvalue weighted by molar-refractivity contribution is -0.166. The van der Waals surface area contributed by atoms with Crippen molar-refractivity contribution in [1.29, 1.82) is 0 Å². The first-order valence-electron chi connectivity index (χ1n) is 23.4. The van der Waals surface area contributed by atoms with Crippen molar-refractivity contribution in [1.82, 2.24) is 0 Å². The third-order valence-electron chi connectivity index (χ3n) is 9.74. The van der Waals surface area contributed by atoms with Crippen LogP contribution in [0.1, 0.15) is 213 Å². The van der Waals surface area contributed by atoms with Crippen LogP contribution in [0.25, 0.3) is 0 Å². The number of carbonyl (C=O) groups is 3. The standard InChI is InChI=1S/C51H86O6/c1-4-7-10-13-16-19-21-23-25-26-28-29-32-35-38-41-44-50(53)56-47-48(46-55-49(52)43-40-37-34-31-18-15-12-9-6-3)57-51(54)45-42-39-36-33-30-27-24-22-20-17-14-11-8-5-2/h7,9-10,12,16,18-19,23,25,31,37,40,48H,4-6,8,11,13-15,17,20-22,24,26-30,32-36,38-39,41-47H2,1-3H3/b10-7-,12-9-,19-16-,25-23-,31-18-,40-37-. The molecule has 0 bridgehead atoms. The van der Waals surface area contributed by atoms with Crippen LogP contribution in [0.5, 0.6) is 0 Å². The Morgan fingerprint density at radius 1 is 0.386 bits per heavy atom. The molecule has 0 aromatic heterocycles. The van der Waals surface area contributed by atoms with Gasteiger partial charge in [0.15, 0.2) is 6.10 Å². The summed E-state index contributed by atoms with van der Waals surface area (Å²) >= 11 is 0. The maximum Gasteiger partial charge on any atom is 0.309 e. The topological polar surface area (TPSA) is 78.9 Å². The van der Waals surface area contributed by atoms with Gasteiger partial charge < -0.3 is 14.2 Å². The van der Waals surface area contributed by atoms with Crippen molar-refractivity contribution in [2.75, 3.05) is 13.2 Å². The van der Waals surface area contributed by atoms with Gasteiger partial charge in [0.1, 0.15) is 13.2 Å². The fourth-order valence-corrected chi connectivity index (χ4v) is 6.28. The molecule has 0 aliphatic rings. The summed E-state index contributed by atoms with van der Waals surface area (Å²) in [4.78, 5) is 37.7. The molecule has 1 atom stereocenters. The van der Waals surface area contributed by atoms with Crippen LogP contribution in [0.2, 0.25) is 0 Å². The molecule has 0 radical (unpaired) electrons. The van der Waals surface area contributed by atoms with Crippen LogP contribution in [0, 0.1) is 0 Å². The number of rotatable bonds is 41. The van der Waals surface area contributed by atoms with Gasteiger partial charge in [-0.25, -0.2) is 0 Å². The highest BCUT2D eigenvalue weighted by Crippen LogP contribution is 2.14. The highest BCUT2D eigenvalue weighted by Gasteiger charge is 2.19. The van der Waals surface area contributed by atoms with E-state index in [9.17, 15) is 14.4 Å². The monoisotopic (exact) mass is 795 g/mol. The minimum Gasteiger partial charge on any atom is -0.462 e. The molecule has 6 heteroatoms. The van der Waals surface area contributed by atoms with Gasteiger partial charge in [0.2, 0.25) is 0 Å². The zero-order valence-corrected chi connectivity index (χ0v) is 37.1. The van der Waals surface area contributed by atoms with Gasteiger partial charge in [-0.2, -0.15) is 0 Å². The summed E-state index contributed by atoms with van der Waals surface area (Å²) in [6, 6.07) is 0. The van der Waals surface area contributed by atoms with Crippen LogP contribution in [0.3, 0.4) is 0 Å². The maximum absolute atomic E-state index is 12.7. The summed E-state index contributed by atoms with van der Waals surface area (Å²) in [5.41, 5.74) is 0. The van der Waals surface area contributed by atoms with Gasteiger partial charge in [-0.1, -0.05) is 203 Å². The quantitative estimate of drug-likeness (QED) is 0.0265. The number of carbonyl (C=O) groups excluding carboxylic acids is 3. The van der Waals surface area contributed by atoms with Crippen molar-refractivity contribution < 1.29 is 28.6 Å². The Labute approximate surface area is 351 Å². The summed E-state index contributed by atoms with van der Waals surface area (Å²) in [5.74, 6) is -1.05. The molecule has 0 spiro atoms. The normalized spacial score (nSPS) is 12.7. The number of hydrogen-bond acceptors (Lipinski definition) is 6. The molecule has 1 unspecified atom stereocenters. The Hall–Kier alpha value is -3.15. The van der Waals surface area contributed by atoms with Gasteiger partial charge in [0.25, 0.3) is 0 Å². The molecule has 0 amide bonds. The first-order valence-corrected chi connectivity index (χ1v) is 23.4. The molecule has 0 saturated heterocycles. The maximum atomic E-state index is 12.7. The van der Waals surface area contributed by atoms with Gasteiger partial charge in [0.05, 0.1) is 6.42 Å². The van der Waals surface area contributed by atoms with Crippen LogP contribution < -0.4 is 0 Å². The Kier molecular flexibility index (Phi) is 43.0. The van der Waals surface area contributed by atoms with E-state index in [4.69, 9.17) is 14.2 Å². The molecule has 6 nitrogen and oxygen atoms in total. The predicted octanol–water partition coefficient (Wildman–Crippen LogP) is 15.1.